The standard InChI is InChI=1S/C24H33N3O2Si.C23H32N4O2Si/c1-18-6-5-7-20(14-18)23-22-21(19-8-10-28-11-9-19)15-27(24(22)26-16-25-23)17-29-12-13-30(2,3)4;1-30(2,3)12-11-29-16-27-14-20(17-7-9-28-10-8-17)21-22(25-15-26-23(21)27)18-5-4-6-19(24)13-18/h5-7,14-16,19H,8-13,17H2,1-4H3;4-6,13-15,17H,7-12,16,24H2,1-3H3. The first kappa shape index (κ1) is 43.8. The molecule has 2 aliphatic rings. The smallest absolute Gasteiger partial charge is 0.146 e. The second-order valence-electron chi connectivity index (χ2n) is 18.9. The van der Waals surface area contributed by atoms with E-state index in [4.69, 9.17) is 29.7 Å². The Labute approximate surface area is 358 Å². The van der Waals surface area contributed by atoms with Gasteiger partial charge in [0.05, 0.1) is 11.4 Å². The van der Waals surface area contributed by atoms with Crippen molar-refractivity contribution in [3.05, 3.63) is 90.3 Å². The third-order valence-corrected chi connectivity index (χ3v) is 15.0. The molecule has 2 aromatic carbocycles. The predicted molar refractivity (Wildman–Crippen MR) is 249 cm³/mol. The van der Waals surface area contributed by atoms with E-state index >= 15 is 0 Å². The van der Waals surface area contributed by atoms with Crippen LogP contribution in [0.2, 0.25) is 51.4 Å². The van der Waals surface area contributed by atoms with Gasteiger partial charge in [-0.25, -0.2) is 19.9 Å². The molecule has 4 aromatic heterocycles. The van der Waals surface area contributed by atoms with Gasteiger partial charge in [0.1, 0.15) is 37.4 Å². The monoisotopic (exact) mass is 847 g/mol. The molecule has 320 valence electrons. The van der Waals surface area contributed by atoms with Gasteiger partial charge in [0.15, 0.2) is 0 Å². The molecular weight excluding hydrogens is 783 g/mol. The molecule has 0 atom stereocenters. The number of rotatable bonds is 14. The molecule has 0 radical (unpaired) electrons. The summed E-state index contributed by atoms with van der Waals surface area (Å²) >= 11 is 0. The summed E-state index contributed by atoms with van der Waals surface area (Å²) in [7, 11) is -2.22. The van der Waals surface area contributed by atoms with E-state index in [0.29, 0.717) is 25.3 Å². The third kappa shape index (κ3) is 11.2. The summed E-state index contributed by atoms with van der Waals surface area (Å²) in [4.78, 5) is 18.7. The van der Waals surface area contributed by atoms with Crippen molar-refractivity contribution in [2.45, 2.75) is 109 Å². The van der Waals surface area contributed by atoms with Gasteiger partial charge in [0.2, 0.25) is 0 Å². The zero-order chi connectivity index (χ0) is 42.3. The number of anilines is 1. The van der Waals surface area contributed by atoms with E-state index in [1.807, 2.05) is 18.2 Å². The molecule has 0 bridgehead atoms. The highest BCUT2D eigenvalue weighted by atomic mass is 28.3. The summed E-state index contributed by atoms with van der Waals surface area (Å²) in [5.41, 5.74) is 16.7. The Morgan fingerprint density at radius 1 is 0.633 bits per heavy atom. The normalized spacial score (nSPS) is 15.7. The summed E-state index contributed by atoms with van der Waals surface area (Å²) in [6.07, 6.45) is 11.9. The number of aryl methyl sites for hydroxylation is 1. The minimum atomic E-state index is -1.11. The fraction of sp³-hybridized carbons (Fsp3) is 0.489. The predicted octanol–water partition coefficient (Wildman–Crippen LogP) is 10.5. The molecule has 2 saturated heterocycles. The molecule has 2 N–H and O–H groups in total. The number of nitrogens with two attached hydrogens (primary N) is 1. The minimum absolute atomic E-state index is 0.440. The van der Waals surface area contributed by atoms with E-state index in [9.17, 15) is 0 Å². The van der Waals surface area contributed by atoms with Crippen molar-refractivity contribution < 1.29 is 18.9 Å². The molecule has 0 spiro atoms. The van der Waals surface area contributed by atoms with Crippen molar-refractivity contribution in [2.75, 3.05) is 45.4 Å². The Balaban J connectivity index is 0.000000181. The molecule has 0 amide bonds. The molecule has 13 heteroatoms. The Morgan fingerprint density at radius 2 is 1.08 bits per heavy atom. The molecule has 0 aliphatic carbocycles. The van der Waals surface area contributed by atoms with Crippen LogP contribution in [0.15, 0.2) is 73.6 Å². The summed E-state index contributed by atoms with van der Waals surface area (Å²) in [5.74, 6) is 0.911. The Hall–Kier alpha value is -4.25. The summed E-state index contributed by atoms with van der Waals surface area (Å²) in [6.45, 7) is 22.2. The second-order valence-corrected chi connectivity index (χ2v) is 30.2. The van der Waals surface area contributed by atoms with Crippen LogP contribution in [0, 0.1) is 6.92 Å². The van der Waals surface area contributed by atoms with E-state index in [0.717, 1.165) is 116 Å². The molecule has 0 unspecified atom stereocenters. The number of ether oxygens (including phenoxy) is 4. The van der Waals surface area contributed by atoms with Crippen molar-refractivity contribution in [1.82, 2.24) is 29.1 Å². The Kier molecular flexibility index (Phi) is 14.3. The molecule has 8 rings (SSSR count). The number of hydrogen-bond donors (Lipinski definition) is 1. The number of fused-ring (bicyclic) bond motifs is 2. The van der Waals surface area contributed by atoms with Crippen LogP contribution < -0.4 is 5.73 Å². The second kappa shape index (κ2) is 19.6. The lowest BCUT2D eigenvalue weighted by Crippen LogP contribution is -2.22. The Bertz CT molecular complexity index is 2170. The van der Waals surface area contributed by atoms with E-state index in [1.165, 1.54) is 28.1 Å². The molecule has 2 aliphatic heterocycles. The SMILES string of the molecule is C[Si](C)(C)CCOCn1cc(C2CCOCC2)c2c(-c3cccc(N)c3)ncnc21.Cc1cccc(-c2ncnc3c2c(C2CCOCC2)cn3COCC[Si](C)(C)C)c1. The largest absolute Gasteiger partial charge is 0.399 e. The van der Waals surface area contributed by atoms with Gasteiger partial charge in [-0.1, -0.05) is 75.2 Å². The minimum Gasteiger partial charge on any atom is -0.399 e. The summed E-state index contributed by atoms with van der Waals surface area (Å²) in [6, 6.07) is 18.8. The average molecular weight is 848 g/mol. The first-order chi connectivity index (χ1) is 28.8. The van der Waals surface area contributed by atoms with E-state index in [2.05, 4.69) is 113 Å². The van der Waals surface area contributed by atoms with Crippen molar-refractivity contribution >= 4 is 43.9 Å². The van der Waals surface area contributed by atoms with Gasteiger partial charge in [-0.05, 0) is 85.9 Å². The van der Waals surface area contributed by atoms with Crippen LogP contribution >= 0.6 is 0 Å². The van der Waals surface area contributed by atoms with Crippen LogP contribution in [0.4, 0.5) is 5.69 Å². The Morgan fingerprint density at radius 3 is 1.52 bits per heavy atom. The average Bonchev–Trinajstić information content (AvgIpc) is 3.80. The van der Waals surface area contributed by atoms with E-state index < -0.39 is 16.1 Å². The van der Waals surface area contributed by atoms with Gasteiger partial charge in [-0.2, -0.15) is 0 Å². The van der Waals surface area contributed by atoms with Crippen molar-refractivity contribution in [3.63, 3.8) is 0 Å². The number of nitrogen functional groups attached to an aromatic ring is 1. The summed E-state index contributed by atoms with van der Waals surface area (Å²) < 4.78 is 27.7. The summed E-state index contributed by atoms with van der Waals surface area (Å²) in [5, 5.41) is 2.28. The van der Waals surface area contributed by atoms with Crippen LogP contribution in [0.25, 0.3) is 44.6 Å². The molecule has 6 heterocycles. The first-order valence-electron chi connectivity index (χ1n) is 21.8. The van der Waals surface area contributed by atoms with Crippen molar-refractivity contribution in [3.8, 4) is 22.5 Å². The molecule has 60 heavy (non-hydrogen) atoms. The van der Waals surface area contributed by atoms with Crippen molar-refractivity contribution in [2.24, 2.45) is 0 Å². The highest BCUT2D eigenvalue weighted by Gasteiger charge is 2.26. The number of benzene rings is 2. The van der Waals surface area contributed by atoms with Crippen LogP contribution in [-0.2, 0) is 32.4 Å². The van der Waals surface area contributed by atoms with Crippen LogP contribution in [-0.4, -0.2) is 84.9 Å². The highest BCUT2D eigenvalue weighted by molar-refractivity contribution is 6.76. The molecule has 11 nitrogen and oxygen atoms in total. The van der Waals surface area contributed by atoms with E-state index in [1.54, 1.807) is 12.7 Å². The molecular formula is C47H65N7O4Si2. The maximum atomic E-state index is 6.08. The zero-order valence-electron chi connectivity index (χ0n) is 36.9. The molecule has 6 aromatic rings. The van der Waals surface area contributed by atoms with Crippen molar-refractivity contribution in [1.29, 1.82) is 0 Å². The quantitative estimate of drug-likeness (QED) is 0.0648. The van der Waals surface area contributed by atoms with Crippen LogP contribution in [0.1, 0.15) is 54.2 Å². The lowest BCUT2D eigenvalue weighted by molar-refractivity contribution is 0.0838. The number of nitrogens with zero attached hydrogens (tertiary/aromatic N) is 6. The number of aromatic nitrogens is 6. The zero-order valence-corrected chi connectivity index (χ0v) is 38.9. The molecule has 2 fully saturated rings. The van der Waals surface area contributed by atoms with E-state index in [-0.39, 0.29) is 0 Å². The third-order valence-electron chi connectivity index (χ3n) is 11.6. The maximum Gasteiger partial charge on any atom is 0.146 e. The van der Waals surface area contributed by atoms with Crippen LogP contribution in [0.3, 0.4) is 0 Å². The van der Waals surface area contributed by atoms with Gasteiger partial charge in [-0.15, -0.1) is 0 Å². The molecule has 0 saturated carbocycles. The van der Waals surface area contributed by atoms with Gasteiger partial charge >= 0.3 is 0 Å². The maximum absolute atomic E-state index is 6.08. The van der Waals surface area contributed by atoms with Gasteiger partial charge < -0.3 is 33.8 Å². The van der Waals surface area contributed by atoms with Crippen LogP contribution in [0.5, 0.6) is 0 Å². The van der Waals surface area contributed by atoms with Gasteiger partial charge in [0.25, 0.3) is 0 Å². The first-order valence-corrected chi connectivity index (χ1v) is 29.2. The van der Waals surface area contributed by atoms with Gasteiger partial charge in [-0.3, -0.25) is 0 Å². The lowest BCUT2D eigenvalue weighted by atomic mass is 9.90. The fourth-order valence-corrected chi connectivity index (χ4v) is 9.65. The highest BCUT2D eigenvalue weighted by Crippen LogP contribution is 2.39. The lowest BCUT2D eigenvalue weighted by Gasteiger charge is -2.22. The number of hydrogen-bond acceptors (Lipinski definition) is 9. The topological polar surface area (TPSA) is 124 Å². The van der Waals surface area contributed by atoms with Gasteiger partial charge in [0, 0.05) is 95.8 Å². The fourth-order valence-electron chi connectivity index (χ4n) is 8.14.